The molecule has 0 spiro atoms. The van der Waals surface area contributed by atoms with Crippen molar-refractivity contribution < 1.29 is 22.6 Å². The second-order valence-corrected chi connectivity index (χ2v) is 5.46. The number of rotatable bonds is 3. The molecular weight excluding hydrogens is 325 g/mol. The number of hydrogen-bond donors (Lipinski definition) is 0. The van der Waals surface area contributed by atoms with Crippen molar-refractivity contribution in [3.63, 3.8) is 0 Å². The van der Waals surface area contributed by atoms with Crippen molar-refractivity contribution in [3.8, 4) is 5.75 Å². The van der Waals surface area contributed by atoms with Crippen molar-refractivity contribution in [3.05, 3.63) is 28.2 Å². The van der Waals surface area contributed by atoms with Crippen LogP contribution >= 0.6 is 15.9 Å². The van der Waals surface area contributed by atoms with E-state index >= 15 is 0 Å². The Kier molecular flexibility index (Phi) is 4.73. The summed E-state index contributed by atoms with van der Waals surface area (Å²) in [5, 5.41) is 0. The summed E-state index contributed by atoms with van der Waals surface area (Å²) in [4.78, 5) is 0. The van der Waals surface area contributed by atoms with Gasteiger partial charge in [0.1, 0.15) is 5.75 Å². The Bertz CT molecular complexity index is 428. The third-order valence-electron chi connectivity index (χ3n) is 3.03. The van der Waals surface area contributed by atoms with Gasteiger partial charge < -0.3 is 9.47 Å². The maximum Gasteiger partial charge on any atom is 0.416 e. The van der Waals surface area contributed by atoms with Gasteiger partial charge >= 0.3 is 6.18 Å². The Hall–Kier alpha value is -0.750. The molecule has 1 aliphatic heterocycles. The molecule has 0 bridgehead atoms. The molecule has 0 aliphatic carbocycles. The van der Waals surface area contributed by atoms with Crippen LogP contribution in [0, 0.1) is 5.92 Å². The fourth-order valence-corrected chi connectivity index (χ4v) is 2.41. The van der Waals surface area contributed by atoms with Crippen LogP contribution in [0.2, 0.25) is 0 Å². The summed E-state index contributed by atoms with van der Waals surface area (Å²) in [6.07, 6.45) is -2.58. The van der Waals surface area contributed by atoms with Gasteiger partial charge in [-0.25, -0.2) is 0 Å². The second-order valence-electron chi connectivity index (χ2n) is 4.54. The van der Waals surface area contributed by atoms with Crippen LogP contribution in [-0.2, 0) is 10.9 Å². The van der Waals surface area contributed by atoms with Crippen LogP contribution < -0.4 is 4.74 Å². The summed E-state index contributed by atoms with van der Waals surface area (Å²) in [5.41, 5.74) is -0.705. The molecule has 1 saturated heterocycles. The van der Waals surface area contributed by atoms with E-state index in [4.69, 9.17) is 9.47 Å². The standard InChI is InChI=1S/C13H14BrF3O2/c14-11-5-10(13(15,16)17)6-12(7-11)19-8-9-1-3-18-4-2-9/h5-7,9H,1-4,8H2. The van der Waals surface area contributed by atoms with Crippen LogP contribution in [0.15, 0.2) is 22.7 Å². The molecule has 0 N–H and O–H groups in total. The average Bonchev–Trinajstić information content (AvgIpc) is 2.36. The predicted octanol–water partition coefficient (Wildman–Crippen LogP) is 4.27. The van der Waals surface area contributed by atoms with E-state index in [1.54, 1.807) is 6.07 Å². The molecule has 106 valence electrons. The van der Waals surface area contributed by atoms with Crippen molar-refractivity contribution in [1.82, 2.24) is 0 Å². The summed E-state index contributed by atoms with van der Waals surface area (Å²) >= 11 is 3.07. The Balaban J connectivity index is 2.01. The first-order chi connectivity index (χ1) is 8.95. The van der Waals surface area contributed by atoms with E-state index in [0.717, 1.165) is 25.0 Å². The molecule has 19 heavy (non-hydrogen) atoms. The Morgan fingerprint density at radius 3 is 2.53 bits per heavy atom. The SMILES string of the molecule is FC(F)(F)c1cc(Br)cc(OCC2CCOCC2)c1. The highest BCUT2D eigenvalue weighted by atomic mass is 79.9. The van der Waals surface area contributed by atoms with E-state index in [1.165, 1.54) is 0 Å². The first kappa shape index (κ1) is 14.7. The van der Waals surface area contributed by atoms with Gasteiger partial charge in [-0.2, -0.15) is 13.2 Å². The Labute approximate surface area is 118 Å². The van der Waals surface area contributed by atoms with Gasteiger partial charge in [-0.15, -0.1) is 0 Å². The summed E-state index contributed by atoms with van der Waals surface area (Å²) in [6.45, 7) is 1.82. The van der Waals surface area contributed by atoms with Gasteiger partial charge in [0.05, 0.1) is 12.2 Å². The Morgan fingerprint density at radius 2 is 1.89 bits per heavy atom. The third-order valence-corrected chi connectivity index (χ3v) is 3.48. The van der Waals surface area contributed by atoms with E-state index in [0.29, 0.717) is 30.2 Å². The van der Waals surface area contributed by atoms with Gasteiger partial charge in [0.15, 0.2) is 0 Å². The molecule has 0 saturated carbocycles. The van der Waals surface area contributed by atoms with Crippen LogP contribution in [0.1, 0.15) is 18.4 Å². The van der Waals surface area contributed by atoms with Crippen molar-refractivity contribution in [1.29, 1.82) is 0 Å². The van der Waals surface area contributed by atoms with Crippen molar-refractivity contribution in [2.45, 2.75) is 19.0 Å². The maximum absolute atomic E-state index is 12.6. The van der Waals surface area contributed by atoms with E-state index < -0.39 is 11.7 Å². The van der Waals surface area contributed by atoms with Crippen LogP contribution in [0.5, 0.6) is 5.75 Å². The number of hydrogen-bond acceptors (Lipinski definition) is 2. The van der Waals surface area contributed by atoms with Gasteiger partial charge in [0.2, 0.25) is 0 Å². The van der Waals surface area contributed by atoms with E-state index in [-0.39, 0.29) is 5.75 Å². The lowest BCUT2D eigenvalue weighted by Gasteiger charge is -2.22. The van der Waals surface area contributed by atoms with Gasteiger partial charge in [-0.1, -0.05) is 15.9 Å². The summed E-state index contributed by atoms with van der Waals surface area (Å²) in [6, 6.07) is 3.62. The second kappa shape index (κ2) is 6.13. The van der Waals surface area contributed by atoms with E-state index in [9.17, 15) is 13.2 Å². The fourth-order valence-electron chi connectivity index (χ4n) is 1.94. The first-order valence-electron chi connectivity index (χ1n) is 6.03. The minimum Gasteiger partial charge on any atom is -0.493 e. The molecule has 2 nitrogen and oxygen atoms in total. The van der Waals surface area contributed by atoms with Gasteiger partial charge in [0.25, 0.3) is 0 Å². The number of alkyl halides is 3. The van der Waals surface area contributed by atoms with Crippen molar-refractivity contribution in [2.24, 2.45) is 5.92 Å². The molecule has 0 radical (unpaired) electrons. The summed E-state index contributed by atoms with van der Waals surface area (Å²) in [7, 11) is 0. The molecule has 6 heteroatoms. The lowest BCUT2D eigenvalue weighted by atomic mass is 10.0. The smallest absolute Gasteiger partial charge is 0.416 e. The topological polar surface area (TPSA) is 18.5 Å². The summed E-state index contributed by atoms with van der Waals surface area (Å²) in [5.74, 6) is 0.593. The molecule has 1 heterocycles. The average molecular weight is 339 g/mol. The molecular formula is C13H14BrF3O2. The zero-order valence-corrected chi connectivity index (χ0v) is 11.8. The largest absolute Gasteiger partial charge is 0.493 e. The molecule has 1 aromatic rings. The van der Waals surface area contributed by atoms with Gasteiger partial charge in [-0.3, -0.25) is 0 Å². The quantitative estimate of drug-likeness (QED) is 0.819. The highest BCUT2D eigenvalue weighted by Crippen LogP contribution is 2.34. The zero-order chi connectivity index (χ0) is 13.9. The van der Waals surface area contributed by atoms with Gasteiger partial charge in [-0.05, 0) is 37.0 Å². The fraction of sp³-hybridized carbons (Fsp3) is 0.538. The van der Waals surface area contributed by atoms with Crippen molar-refractivity contribution >= 4 is 15.9 Å². The number of ether oxygens (including phenoxy) is 2. The zero-order valence-electron chi connectivity index (χ0n) is 10.2. The molecule has 1 aromatic carbocycles. The van der Waals surface area contributed by atoms with Crippen LogP contribution in [0.3, 0.4) is 0 Å². The number of benzene rings is 1. The first-order valence-corrected chi connectivity index (χ1v) is 6.83. The molecule has 0 amide bonds. The van der Waals surface area contributed by atoms with Crippen LogP contribution in [-0.4, -0.2) is 19.8 Å². The highest BCUT2D eigenvalue weighted by molar-refractivity contribution is 9.10. The van der Waals surface area contributed by atoms with E-state index in [1.807, 2.05) is 0 Å². The van der Waals surface area contributed by atoms with Gasteiger partial charge in [0, 0.05) is 17.7 Å². The van der Waals surface area contributed by atoms with Crippen molar-refractivity contribution in [2.75, 3.05) is 19.8 Å². The highest BCUT2D eigenvalue weighted by Gasteiger charge is 2.31. The maximum atomic E-state index is 12.6. The Morgan fingerprint density at radius 1 is 1.21 bits per heavy atom. The monoisotopic (exact) mass is 338 g/mol. The van der Waals surface area contributed by atoms with Crippen LogP contribution in [0.25, 0.3) is 0 Å². The molecule has 2 rings (SSSR count). The minimum absolute atomic E-state index is 0.244. The number of halogens is 4. The molecule has 0 unspecified atom stereocenters. The minimum atomic E-state index is -4.36. The van der Waals surface area contributed by atoms with E-state index in [2.05, 4.69) is 15.9 Å². The lowest BCUT2D eigenvalue weighted by Crippen LogP contribution is -2.21. The normalized spacial score (nSPS) is 17.5. The lowest BCUT2D eigenvalue weighted by molar-refractivity contribution is -0.137. The molecule has 0 aromatic heterocycles. The third kappa shape index (κ3) is 4.38. The molecule has 1 aliphatic rings. The van der Waals surface area contributed by atoms with Crippen LogP contribution in [0.4, 0.5) is 13.2 Å². The predicted molar refractivity (Wildman–Crippen MR) is 68.2 cm³/mol. The molecule has 1 fully saturated rings. The molecule has 0 atom stereocenters. The summed E-state index contributed by atoms with van der Waals surface area (Å²) < 4.78 is 49.0.